The first-order chi connectivity index (χ1) is 12.7. The van der Waals surface area contributed by atoms with Crippen molar-refractivity contribution in [2.45, 2.75) is 18.9 Å². The number of fused-ring (bicyclic) bond motifs is 1. The lowest BCUT2D eigenvalue weighted by atomic mass is 10.0. The highest BCUT2D eigenvalue weighted by atomic mass is 16.3. The molecular formula is C20H19N5O. The molecule has 26 heavy (non-hydrogen) atoms. The summed E-state index contributed by atoms with van der Waals surface area (Å²) in [6, 6.07) is 15.9. The lowest BCUT2D eigenvalue weighted by Gasteiger charge is -2.32. The molecule has 0 radical (unpaired) electrons. The van der Waals surface area contributed by atoms with Crippen LogP contribution in [0.3, 0.4) is 0 Å². The molecule has 1 fully saturated rings. The van der Waals surface area contributed by atoms with Crippen LogP contribution in [-0.2, 0) is 0 Å². The van der Waals surface area contributed by atoms with Gasteiger partial charge in [0.15, 0.2) is 0 Å². The van der Waals surface area contributed by atoms with E-state index in [-0.39, 0.29) is 6.10 Å². The summed E-state index contributed by atoms with van der Waals surface area (Å²) in [5, 5.41) is 23.5. The molecule has 0 unspecified atom stereocenters. The number of hydrogen-bond donors (Lipinski definition) is 2. The maximum atomic E-state index is 9.68. The van der Waals surface area contributed by atoms with Gasteiger partial charge in [-0.05, 0) is 43.2 Å². The SMILES string of the molecule is N#Cc1cc(Nc2ncnc3ccccc23)ccc1N1CCC(O)CC1. The molecule has 0 saturated carbocycles. The molecule has 4 rings (SSSR count). The zero-order valence-corrected chi connectivity index (χ0v) is 14.3. The quantitative estimate of drug-likeness (QED) is 0.758. The standard InChI is InChI=1S/C20H19N5O/c21-12-14-11-15(5-6-19(14)25-9-7-16(26)8-10-25)24-20-17-3-1-2-4-18(17)22-13-23-20/h1-6,11,13,16,26H,7-10H2,(H,22,23,24). The summed E-state index contributed by atoms with van der Waals surface area (Å²) in [5.74, 6) is 0.716. The van der Waals surface area contributed by atoms with Gasteiger partial charge < -0.3 is 15.3 Å². The van der Waals surface area contributed by atoms with Crippen LogP contribution in [0, 0.1) is 11.3 Å². The Labute approximate surface area is 151 Å². The summed E-state index contributed by atoms with van der Waals surface area (Å²) in [6.07, 6.45) is 2.77. The van der Waals surface area contributed by atoms with E-state index in [1.54, 1.807) is 0 Å². The van der Waals surface area contributed by atoms with E-state index < -0.39 is 0 Å². The summed E-state index contributed by atoms with van der Waals surface area (Å²) < 4.78 is 0. The summed E-state index contributed by atoms with van der Waals surface area (Å²) in [6.45, 7) is 1.53. The fourth-order valence-corrected chi connectivity index (χ4v) is 3.33. The molecule has 0 bridgehead atoms. The van der Waals surface area contributed by atoms with Gasteiger partial charge in [-0.3, -0.25) is 0 Å². The first kappa shape index (κ1) is 16.3. The summed E-state index contributed by atoms with van der Waals surface area (Å²) in [7, 11) is 0. The average molecular weight is 345 g/mol. The third-order valence-corrected chi connectivity index (χ3v) is 4.73. The smallest absolute Gasteiger partial charge is 0.141 e. The lowest BCUT2D eigenvalue weighted by molar-refractivity contribution is 0.145. The molecule has 6 nitrogen and oxygen atoms in total. The third kappa shape index (κ3) is 3.17. The van der Waals surface area contributed by atoms with Crippen molar-refractivity contribution in [2.75, 3.05) is 23.3 Å². The van der Waals surface area contributed by atoms with Crippen molar-refractivity contribution in [3.8, 4) is 6.07 Å². The fraction of sp³-hybridized carbons (Fsp3) is 0.250. The van der Waals surface area contributed by atoms with Gasteiger partial charge in [0.05, 0.1) is 22.9 Å². The second kappa shape index (κ2) is 6.98. The largest absolute Gasteiger partial charge is 0.393 e. The predicted molar refractivity (Wildman–Crippen MR) is 101 cm³/mol. The van der Waals surface area contributed by atoms with Crippen molar-refractivity contribution in [1.82, 2.24) is 9.97 Å². The molecule has 6 heteroatoms. The first-order valence-electron chi connectivity index (χ1n) is 8.68. The van der Waals surface area contributed by atoms with Crippen molar-refractivity contribution in [3.63, 3.8) is 0 Å². The van der Waals surface area contributed by atoms with E-state index in [0.717, 1.165) is 48.2 Å². The number of para-hydroxylation sites is 1. The van der Waals surface area contributed by atoms with Gasteiger partial charge in [-0.15, -0.1) is 0 Å². The molecule has 1 aliphatic heterocycles. The number of piperidine rings is 1. The number of aliphatic hydroxyl groups is 1. The molecule has 2 aromatic carbocycles. The van der Waals surface area contributed by atoms with Gasteiger partial charge in [0.2, 0.25) is 0 Å². The van der Waals surface area contributed by atoms with Crippen LogP contribution in [-0.4, -0.2) is 34.3 Å². The second-order valence-electron chi connectivity index (χ2n) is 6.43. The Balaban J connectivity index is 1.63. The maximum Gasteiger partial charge on any atom is 0.141 e. The molecule has 1 saturated heterocycles. The van der Waals surface area contributed by atoms with Crippen LogP contribution < -0.4 is 10.2 Å². The van der Waals surface area contributed by atoms with Crippen LogP contribution in [0.1, 0.15) is 18.4 Å². The first-order valence-corrected chi connectivity index (χ1v) is 8.68. The number of aliphatic hydroxyl groups excluding tert-OH is 1. The zero-order valence-electron chi connectivity index (χ0n) is 14.3. The molecule has 0 spiro atoms. The van der Waals surface area contributed by atoms with Gasteiger partial charge in [-0.2, -0.15) is 5.26 Å². The Morgan fingerprint density at radius 3 is 2.73 bits per heavy atom. The number of hydrogen-bond acceptors (Lipinski definition) is 6. The molecule has 0 aliphatic carbocycles. The van der Waals surface area contributed by atoms with E-state index in [0.29, 0.717) is 11.4 Å². The molecule has 0 atom stereocenters. The van der Waals surface area contributed by atoms with Gasteiger partial charge in [-0.25, -0.2) is 9.97 Å². The zero-order chi connectivity index (χ0) is 17.9. The Morgan fingerprint density at radius 1 is 1.12 bits per heavy atom. The Hall–Kier alpha value is -3.17. The van der Waals surface area contributed by atoms with E-state index in [1.165, 1.54) is 6.33 Å². The van der Waals surface area contributed by atoms with Gasteiger partial charge in [0, 0.05) is 24.2 Å². The number of nitrogens with one attached hydrogen (secondary N) is 1. The molecule has 1 aromatic heterocycles. The number of anilines is 3. The van der Waals surface area contributed by atoms with Crippen LogP contribution >= 0.6 is 0 Å². The van der Waals surface area contributed by atoms with Gasteiger partial charge >= 0.3 is 0 Å². The predicted octanol–water partition coefficient (Wildman–Crippen LogP) is 3.21. The number of nitrogens with zero attached hydrogens (tertiary/aromatic N) is 4. The number of aromatic nitrogens is 2. The molecule has 2 heterocycles. The molecule has 3 aromatic rings. The molecule has 0 amide bonds. The van der Waals surface area contributed by atoms with E-state index in [9.17, 15) is 10.4 Å². The minimum Gasteiger partial charge on any atom is -0.393 e. The number of rotatable bonds is 3. The average Bonchev–Trinajstić information content (AvgIpc) is 2.69. The molecule has 130 valence electrons. The molecule has 1 aliphatic rings. The van der Waals surface area contributed by atoms with Crippen LogP contribution in [0.2, 0.25) is 0 Å². The normalized spacial score (nSPS) is 15.0. The van der Waals surface area contributed by atoms with Gasteiger partial charge in [-0.1, -0.05) is 12.1 Å². The van der Waals surface area contributed by atoms with Crippen LogP contribution in [0.15, 0.2) is 48.8 Å². The Bertz CT molecular complexity index is 968. The van der Waals surface area contributed by atoms with Gasteiger partial charge in [0.1, 0.15) is 18.2 Å². The van der Waals surface area contributed by atoms with Crippen LogP contribution in [0.5, 0.6) is 0 Å². The third-order valence-electron chi connectivity index (χ3n) is 4.73. The fourth-order valence-electron chi connectivity index (χ4n) is 3.33. The summed E-state index contributed by atoms with van der Waals surface area (Å²) >= 11 is 0. The minimum absolute atomic E-state index is 0.233. The maximum absolute atomic E-state index is 9.68. The van der Waals surface area contributed by atoms with E-state index in [4.69, 9.17) is 0 Å². The van der Waals surface area contributed by atoms with Crippen molar-refractivity contribution in [2.24, 2.45) is 0 Å². The summed E-state index contributed by atoms with van der Waals surface area (Å²) in [5.41, 5.74) is 3.21. The monoisotopic (exact) mass is 345 g/mol. The van der Waals surface area contributed by atoms with Crippen molar-refractivity contribution < 1.29 is 5.11 Å². The van der Waals surface area contributed by atoms with Gasteiger partial charge in [0.25, 0.3) is 0 Å². The van der Waals surface area contributed by atoms with Crippen LogP contribution in [0.25, 0.3) is 10.9 Å². The lowest BCUT2D eigenvalue weighted by Crippen LogP contribution is -2.36. The van der Waals surface area contributed by atoms with Crippen LogP contribution in [0.4, 0.5) is 17.2 Å². The highest BCUT2D eigenvalue weighted by molar-refractivity contribution is 5.90. The topological polar surface area (TPSA) is 85.1 Å². The minimum atomic E-state index is -0.233. The summed E-state index contributed by atoms with van der Waals surface area (Å²) in [4.78, 5) is 10.8. The van der Waals surface area contributed by atoms with Crippen molar-refractivity contribution in [1.29, 1.82) is 5.26 Å². The van der Waals surface area contributed by atoms with E-state index >= 15 is 0 Å². The Kier molecular flexibility index (Phi) is 4.38. The van der Waals surface area contributed by atoms with Crippen molar-refractivity contribution >= 4 is 28.1 Å². The number of benzene rings is 2. The van der Waals surface area contributed by atoms with Crippen molar-refractivity contribution in [3.05, 3.63) is 54.4 Å². The second-order valence-corrected chi connectivity index (χ2v) is 6.43. The number of nitriles is 1. The van der Waals surface area contributed by atoms with E-state index in [1.807, 2.05) is 42.5 Å². The molecule has 2 N–H and O–H groups in total. The highest BCUT2D eigenvalue weighted by Gasteiger charge is 2.19. The Morgan fingerprint density at radius 2 is 1.92 bits per heavy atom. The highest BCUT2D eigenvalue weighted by Crippen LogP contribution is 2.29. The molecular weight excluding hydrogens is 326 g/mol. The van der Waals surface area contributed by atoms with E-state index in [2.05, 4.69) is 26.3 Å².